The van der Waals surface area contributed by atoms with Crippen LogP contribution in [0.25, 0.3) is 11.4 Å². The van der Waals surface area contributed by atoms with Gasteiger partial charge in [0.15, 0.2) is 12.0 Å². The van der Waals surface area contributed by atoms with E-state index in [9.17, 15) is 4.79 Å². The zero-order valence-electron chi connectivity index (χ0n) is 8.79. The molecule has 0 N–H and O–H groups in total. The molecule has 6 nitrogen and oxygen atoms in total. The average Bonchev–Trinajstić information content (AvgIpc) is 2.38. The summed E-state index contributed by atoms with van der Waals surface area (Å²) in [6.45, 7) is 0. The third-order valence-corrected chi connectivity index (χ3v) is 2.34. The zero-order valence-corrected chi connectivity index (χ0v) is 9.55. The molecule has 0 saturated carbocycles. The van der Waals surface area contributed by atoms with Crippen molar-refractivity contribution in [3.8, 4) is 17.3 Å². The van der Waals surface area contributed by atoms with Crippen molar-refractivity contribution in [1.29, 1.82) is 0 Å². The Hall–Kier alpha value is -2.08. The fourth-order valence-corrected chi connectivity index (χ4v) is 1.48. The van der Waals surface area contributed by atoms with E-state index >= 15 is 0 Å². The fraction of sp³-hybridized carbons (Fsp3) is 0.100. The van der Waals surface area contributed by atoms with Crippen LogP contribution in [0.3, 0.4) is 0 Å². The molecule has 0 spiro atoms. The molecule has 0 atom stereocenters. The van der Waals surface area contributed by atoms with E-state index in [2.05, 4.69) is 19.9 Å². The van der Waals surface area contributed by atoms with Gasteiger partial charge in [-0.15, -0.1) is 0 Å². The maximum absolute atomic E-state index is 11.0. The highest BCUT2D eigenvalue weighted by Gasteiger charge is 2.16. The Kier molecular flexibility index (Phi) is 3.24. The SMILES string of the molecule is COc1nccnc1-c1ncnc(Cl)c1C=O. The van der Waals surface area contributed by atoms with Gasteiger partial charge in [-0.2, -0.15) is 0 Å². The van der Waals surface area contributed by atoms with Gasteiger partial charge < -0.3 is 4.74 Å². The number of carbonyl (C=O) groups is 1. The number of hydrogen-bond donors (Lipinski definition) is 0. The number of methoxy groups -OCH3 is 1. The number of aldehydes is 1. The van der Waals surface area contributed by atoms with E-state index in [-0.39, 0.29) is 16.6 Å². The van der Waals surface area contributed by atoms with E-state index in [1.807, 2.05) is 0 Å². The first-order valence-electron chi connectivity index (χ1n) is 4.59. The quantitative estimate of drug-likeness (QED) is 0.605. The van der Waals surface area contributed by atoms with Crippen LogP contribution in [0, 0.1) is 0 Å². The summed E-state index contributed by atoms with van der Waals surface area (Å²) in [5.41, 5.74) is 0.805. The lowest BCUT2D eigenvalue weighted by atomic mass is 10.2. The fourth-order valence-electron chi connectivity index (χ4n) is 1.30. The Balaban J connectivity index is 2.68. The normalized spacial score (nSPS) is 10.0. The molecule has 7 heteroatoms. The lowest BCUT2D eigenvalue weighted by Gasteiger charge is -2.07. The smallest absolute Gasteiger partial charge is 0.241 e. The Morgan fingerprint density at radius 1 is 1.18 bits per heavy atom. The summed E-state index contributed by atoms with van der Waals surface area (Å²) >= 11 is 5.80. The van der Waals surface area contributed by atoms with E-state index in [0.29, 0.717) is 17.7 Å². The van der Waals surface area contributed by atoms with Crippen LogP contribution in [0.15, 0.2) is 18.7 Å². The molecule has 2 aromatic heterocycles. The summed E-state index contributed by atoms with van der Waals surface area (Å²) in [5, 5.41) is 0.0673. The second-order valence-electron chi connectivity index (χ2n) is 2.96. The summed E-state index contributed by atoms with van der Waals surface area (Å²) in [5.74, 6) is 0.269. The van der Waals surface area contributed by atoms with E-state index < -0.39 is 0 Å². The zero-order chi connectivity index (χ0) is 12.3. The van der Waals surface area contributed by atoms with Crippen LogP contribution >= 0.6 is 11.6 Å². The van der Waals surface area contributed by atoms with Gasteiger partial charge in [0.25, 0.3) is 0 Å². The van der Waals surface area contributed by atoms with Crippen LogP contribution in [0.4, 0.5) is 0 Å². The number of ether oxygens (including phenoxy) is 1. The van der Waals surface area contributed by atoms with Crippen LogP contribution in [-0.4, -0.2) is 33.3 Å². The molecule has 0 unspecified atom stereocenters. The molecule has 0 amide bonds. The summed E-state index contributed by atoms with van der Waals surface area (Å²) in [4.78, 5) is 26.7. The van der Waals surface area contributed by atoms with Crippen molar-refractivity contribution in [3.05, 3.63) is 29.4 Å². The molecule has 0 aliphatic rings. The van der Waals surface area contributed by atoms with Crippen molar-refractivity contribution < 1.29 is 9.53 Å². The number of aromatic nitrogens is 4. The second-order valence-corrected chi connectivity index (χ2v) is 3.32. The Morgan fingerprint density at radius 2 is 1.94 bits per heavy atom. The minimum atomic E-state index is 0.0673. The molecule has 2 heterocycles. The third kappa shape index (κ3) is 2.07. The van der Waals surface area contributed by atoms with Crippen LogP contribution in [0.5, 0.6) is 5.88 Å². The summed E-state index contributed by atoms with van der Waals surface area (Å²) in [6.07, 6.45) is 4.78. The molecule has 0 fully saturated rings. The summed E-state index contributed by atoms with van der Waals surface area (Å²) in [7, 11) is 1.46. The highest BCUT2D eigenvalue weighted by atomic mass is 35.5. The van der Waals surface area contributed by atoms with Gasteiger partial charge in [-0.3, -0.25) is 4.79 Å². The number of rotatable bonds is 3. The number of hydrogen-bond acceptors (Lipinski definition) is 6. The molecule has 86 valence electrons. The third-order valence-electron chi connectivity index (χ3n) is 2.04. The van der Waals surface area contributed by atoms with Gasteiger partial charge in [0.1, 0.15) is 17.2 Å². The van der Waals surface area contributed by atoms with Crippen LogP contribution in [-0.2, 0) is 0 Å². The van der Waals surface area contributed by atoms with Crippen LogP contribution in [0.2, 0.25) is 5.15 Å². The maximum Gasteiger partial charge on any atom is 0.241 e. The van der Waals surface area contributed by atoms with Gasteiger partial charge in [0.05, 0.1) is 12.7 Å². The molecule has 0 saturated heterocycles. The number of nitrogens with zero attached hydrogens (tertiary/aromatic N) is 4. The number of carbonyl (C=O) groups excluding carboxylic acids is 1. The van der Waals surface area contributed by atoms with Crippen molar-refractivity contribution in [2.45, 2.75) is 0 Å². The Labute approximate surface area is 102 Å². The first kappa shape index (κ1) is 11.4. The van der Waals surface area contributed by atoms with E-state index in [0.717, 1.165) is 0 Å². The Morgan fingerprint density at radius 3 is 2.65 bits per heavy atom. The predicted molar refractivity (Wildman–Crippen MR) is 60.0 cm³/mol. The number of halogens is 1. The van der Waals surface area contributed by atoms with Crippen molar-refractivity contribution >= 4 is 17.9 Å². The van der Waals surface area contributed by atoms with Crippen molar-refractivity contribution in [2.24, 2.45) is 0 Å². The first-order chi connectivity index (χ1) is 8.27. The largest absolute Gasteiger partial charge is 0.479 e. The van der Waals surface area contributed by atoms with Crippen LogP contribution in [0.1, 0.15) is 10.4 Å². The molecular weight excluding hydrogens is 244 g/mol. The lowest BCUT2D eigenvalue weighted by Crippen LogP contribution is -2.00. The minimum Gasteiger partial charge on any atom is -0.479 e. The van der Waals surface area contributed by atoms with Crippen molar-refractivity contribution in [1.82, 2.24) is 19.9 Å². The van der Waals surface area contributed by atoms with Gasteiger partial charge in [-0.25, -0.2) is 19.9 Å². The van der Waals surface area contributed by atoms with E-state index in [4.69, 9.17) is 16.3 Å². The molecule has 0 aliphatic carbocycles. The van der Waals surface area contributed by atoms with Gasteiger partial charge in [-0.1, -0.05) is 11.6 Å². The molecule has 0 radical (unpaired) electrons. The van der Waals surface area contributed by atoms with Gasteiger partial charge >= 0.3 is 0 Å². The molecular formula is C10H7ClN4O2. The van der Waals surface area contributed by atoms with E-state index in [1.165, 1.54) is 25.8 Å². The highest BCUT2D eigenvalue weighted by Crippen LogP contribution is 2.27. The van der Waals surface area contributed by atoms with Crippen molar-refractivity contribution in [2.75, 3.05) is 7.11 Å². The summed E-state index contributed by atoms with van der Waals surface area (Å²) in [6, 6.07) is 0. The van der Waals surface area contributed by atoms with Gasteiger partial charge in [-0.05, 0) is 0 Å². The molecule has 2 rings (SSSR count). The first-order valence-corrected chi connectivity index (χ1v) is 4.96. The predicted octanol–water partition coefficient (Wildman–Crippen LogP) is 1.41. The standard InChI is InChI=1S/C10H7ClN4O2/c1-17-10-8(12-2-3-13-10)7-6(4-16)9(11)15-5-14-7/h2-5H,1H3. The topological polar surface area (TPSA) is 77.9 Å². The molecule has 0 bridgehead atoms. The van der Waals surface area contributed by atoms with Gasteiger partial charge in [0, 0.05) is 12.4 Å². The monoisotopic (exact) mass is 250 g/mol. The average molecular weight is 251 g/mol. The molecule has 2 aromatic rings. The van der Waals surface area contributed by atoms with E-state index in [1.54, 1.807) is 0 Å². The summed E-state index contributed by atoms with van der Waals surface area (Å²) < 4.78 is 5.05. The Bertz CT molecular complexity index is 562. The lowest BCUT2D eigenvalue weighted by molar-refractivity contribution is 0.112. The van der Waals surface area contributed by atoms with Crippen LogP contribution < -0.4 is 4.74 Å². The van der Waals surface area contributed by atoms with Crippen molar-refractivity contribution in [3.63, 3.8) is 0 Å². The highest BCUT2D eigenvalue weighted by molar-refractivity contribution is 6.32. The maximum atomic E-state index is 11.0. The molecule has 0 aliphatic heterocycles. The molecule has 0 aromatic carbocycles. The second kappa shape index (κ2) is 4.84. The minimum absolute atomic E-state index is 0.0673. The molecule has 17 heavy (non-hydrogen) atoms. The van der Waals surface area contributed by atoms with Gasteiger partial charge in [0.2, 0.25) is 5.88 Å².